The fourth-order valence-electron chi connectivity index (χ4n) is 0.597. The molecule has 0 heterocycles. The van der Waals surface area contributed by atoms with Gasteiger partial charge in [0.1, 0.15) is 5.76 Å². The molecule has 3 N–H and O–H groups in total. The quantitative estimate of drug-likeness (QED) is 0.316. The number of rotatable bonds is 3. The summed E-state index contributed by atoms with van der Waals surface area (Å²) < 4.78 is 0. The average Bonchev–Trinajstić information content (AvgIpc) is 1.98. The molecule has 0 spiro atoms. The lowest BCUT2D eigenvalue weighted by Gasteiger charge is -2.02. The van der Waals surface area contributed by atoms with E-state index < -0.39 is 7.12 Å². The van der Waals surface area contributed by atoms with Crippen LogP contribution in [-0.4, -0.2) is 22.3 Å². The van der Waals surface area contributed by atoms with E-state index in [9.17, 15) is 0 Å². The van der Waals surface area contributed by atoms with Crippen molar-refractivity contribution in [1.82, 2.24) is 0 Å². The van der Waals surface area contributed by atoms with E-state index in [-0.39, 0.29) is 11.2 Å². The Morgan fingerprint density at radius 1 is 1.45 bits per heavy atom. The third-order valence-electron chi connectivity index (χ3n) is 1.14. The highest BCUT2D eigenvalue weighted by Gasteiger charge is 2.16. The molecule has 0 saturated carbocycles. The van der Waals surface area contributed by atoms with Gasteiger partial charge in [-0.1, -0.05) is 18.7 Å². The molecule has 0 radical (unpaired) electrons. The Labute approximate surface area is 66.1 Å². The summed E-state index contributed by atoms with van der Waals surface area (Å²) >= 11 is 0. The van der Waals surface area contributed by atoms with E-state index in [0.29, 0.717) is 0 Å². The highest BCUT2D eigenvalue weighted by atomic mass is 16.4. The molecule has 4 heteroatoms. The summed E-state index contributed by atoms with van der Waals surface area (Å²) in [5, 5.41) is 26.4. The lowest BCUT2D eigenvalue weighted by molar-refractivity contribution is 0.392. The van der Waals surface area contributed by atoms with Crippen molar-refractivity contribution in [3.05, 3.63) is 36.0 Å². The summed E-state index contributed by atoms with van der Waals surface area (Å²) in [6, 6.07) is 0. The predicted octanol–water partition coefficient (Wildman–Crippen LogP) is 0.573. The summed E-state index contributed by atoms with van der Waals surface area (Å²) in [4.78, 5) is 0. The zero-order valence-electron chi connectivity index (χ0n) is 6.36. The van der Waals surface area contributed by atoms with Crippen LogP contribution in [0.3, 0.4) is 0 Å². The van der Waals surface area contributed by atoms with Gasteiger partial charge in [-0.25, -0.2) is 0 Å². The molecule has 0 atom stereocenters. The maximum absolute atomic E-state index is 9.04. The molecule has 0 aliphatic heterocycles. The smallest absolute Gasteiger partial charge is 0.492 e. The molecular weight excluding hydrogens is 143 g/mol. The van der Waals surface area contributed by atoms with Gasteiger partial charge in [0, 0.05) is 5.47 Å². The van der Waals surface area contributed by atoms with E-state index >= 15 is 0 Å². The van der Waals surface area contributed by atoms with Crippen LogP contribution in [0, 0.1) is 0 Å². The van der Waals surface area contributed by atoms with Gasteiger partial charge in [-0.2, -0.15) is 0 Å². The molecule has 0 aromatic heterocycles. The van der Waals surface area contributed by atoms with Crippen LogP contribution in [0.15, 0.2) is 36.0 Å². The van der Waals surface area contributed by atoms with Crippen LogP contribution in [0.4, 0.5) is 0 Å². The number of hydrogen-bond acceptors (Lipinski definition) is 3. The number of aliphatic hydroxyl groups excluding tert-OH is 1. The van der Waals surface area contributed by atoms with Crippen molar-refractivity contribution in [1.29, 1.82) is 0 Å². The van der Waals surface area contributed by atoms with Crippen molar-refractivity contribution in [3.63, 3.8) is 0 Å². The fraction of sp³-hybridized carbons (Fsp3) is 0.143. The van der Waals surface area contributed by atoms with Crippen molar-refractivity contribution < 1.29 is 15.2 Å². The van der Waals surface area contributed by atoms with Gasteiger partial charge in [-0.05, 0) is 13.0 Å². The largest absolute Gasteiger partial charge is 0.509 e. The Balaban J connectivity index is 4.61. The normalized spacial score (nSPS) is 13.0. The molecule has 0 unspecified atom stereocenters. The van der Waals surface area contributed by atoms with Gasteiger partial charge in [-0.15, -0.1) is 0 Å². The van der Waals surface area contributed by atoms with Gasteiger partial charge < -0.3 is 15.2 Å². The molecule has 0 rings (SSSR count). The Morgan fingerprint density at radius 2 is 2.00 bits per heavy atom. The summed E-state index contributed by atoms with van der Waals surface area (Å²) in [7, 11) is -1.66. The highest BCUT2D eigenvalue weighted by molar-refractivity contribution is 6.52. The van der Waals surface area contributed by atoms with Crippen LogP contribution in [0.25, 0.3) is 0 Å². The van der Waals surface area contributed by atoms with E-state index in [1.165, 1.54) is 18.2 Å². The van der Waals surface area contributed by atoms with E-state index in [2.05, 4.69) is 6.58 Å². The number of allylic oxidation sites excluding steroid dienone is 4. The molecule has 0 aromatic carbocycles. The molecule has 0 aliphatic carbocycles. The molecule has 11 heavy (non-hydrogen) atoms. The van der Waals surface area contributed by atoms with E-state index in [1.54, 1.807) is 6.92 Å². The molecule has 0 aliphatic rings. The third-order valence-corrected chi connectivity index (χ3v) is 1.14. The van der Waals surface area contributed by atoms with E-state index in [1.807, 2.05) is 0 Å². The Kier molecular flexibility index (Phi) is 4.33. The standard InChI is InChI=1S/C7H11BO3/c1-3-5-6(8(10)11)7(9)4-2/h3-5,9-11H,1H2,2H3/b6-5+,7-4+. The van der Waals surface area contributed by atoms with Crippen molar-refractivity contribution in [2.24, 2.45) is 0 Å². The maximum Gasteiger partial charge on any atom is 0.492 e. The van der Waals surface area contributed by atoms with Crippen LogP contribution < -0.4 is 0 Å². The number of aliphatic hydroxyl groups is 1. The number of hydrogen-bond donors (Lipinski definition) is 3. The second-order valence-corrected chi connectivity index (χ2v) is 1.91. The monoisotopic (exact) mass is 154 g/mol. The maximum atomic E-state index is 9.04. The highest BCUT2D eigenvalue weighted by Crippen LogP contribution is 2.07. The van der Waals surface area contributed by atoms with Gasteiger partial charge in [0.2, 0.25) is 0 Å². The van der Waals surface area contributed by atoms with Gasteiger partial charge >= 0.3 is 7.12 Å². The van der Waals surface area contributed by atoms with Gasteiger partial charge in [0.05, 0.1) is 0 Å². The first-order valence-electron chi connectivity index (χ1n) is 3.17. The summed E-state index contributed by atoms with van der Waals surface area (Å²) in [5.41, 5.74) is 0.0440. The zero-order chi connectivity index (χ0) is 8.85. The third kappa shape index (κ3) is 3.07. The summed E-state index contributed by atoms with van der Waals surface area (Å²) in [6.07, 6.45) is 4.07. The molecule has 60 valence electrons. The summed E-state index contributed by atoms with van der Waals surface area (Å²) in [5.74, 6) is -0.153. The molecule has 0 saturated heterocycles. The average molecular weight is 154 g/mol. The topological polar surface area (TPSA) is 60.7 Å². The summed E-state index contributed by atoms with van der Waals surface area (Å²) in [6.45, 7) is 4.95. The molecule has 3 nitrogen and oxygen atoms in total. The van der Waals surface area contributed by atoms with E-state index in [0.717, 1.165) is 0 Å². The van der Waals surface area contributed by atoms with Crippen molar-refractivity contribution in [2.75, 3.05) is 0 Å². The van der Waals surface area contributed by atoms with Gasteiger partial charge in [0.15, 0.2) is 0 Å². The first-order valence-corrected chi connectivity index (χ1v) is 3.17. The van der Waals surface area contributed by atoms with Crippen molar-refractivity contribution in [3.8, 4) is 0 Å². The predicted molar refractivity (Wildman–Crippen MR) is 44.9 cm³/mol. The van der Waals surface area contributed by atoms with E-state index in [4.69, 9.17) is 15.2 Å². The molecule has 0 aromatic rings. The van der Waals surface area contributed by atoms with Gasteiger partial charge in [0.25, 0.3) is 0 Å². The van der Waals surface area contributed by atoms with Crippen LogP contribution in [0.1, 0.15) is 6.92 Å². The molecule has 0 bridgehead atoms. The second kappa shape index (κ2) is 4.76. The Hall–Kier alpha value is -0.995. The second-order valence-electron chi connectivity index (χ2n) is 1.91. The SMILES string of the molecule is C=C/C=C(B(O)O)\C(O)=C/C. The van der Waals surface area contributed by atoms with Gasteiger partial charge in [-0.3, -0.25) is 0 Å². The molecule has 0 amide bonds. The van der Waals surface area contributed by atoms with Crippen LogP contribution in [0.2, 0.25) is 0 Å². The zero-order valence-corrected chi connectivity index (χ0v) is 6.36. The lowest BCUT2D eigenvalue weighted by Crippen LogP contribution is -2.16. The molecular formula is C7H11BO3. The minimum atomic E-state index is -1.66. The Morgan fingerprint density at radius 3 is 2.27 bits per heavy atom. The minimum absolute atomic E-state index is 0.0440. The van der Waals surface area contributed by atoms with Crippen LogP contribution in [0.5, 0.6) is 0 Å². The minimum Gasteiger partial charge on any atom is -0.509 e. The lowest BCUT2D eigenvalue weighted by atomic mass is 9.77. The fourth-order valence-corrected chi connectivity index (χ4v) is 0.597. The van der Waals surface area contributed by atoms with Crippen LogP contribution in [-0.2, 0) is 0 Å². The first-order chi connectivity index (χ1) is 5.13. The van der Waals surface area contributed by atoms with Crippen molar-refractivity contribution in [2.45, 2.75) is 6.92 Å². The Bertz CT molecular complexity index is 194. The molecule has 0 fully saturated rings. The van der Waals surface area contributed by atoms with Crippen LogP contribution >= 0.6 is 0 Å². The van der Waals surface area contributed by atoms with Crippen molar-refractivity contribution >= 4 is 7.12 Å². The first kappa shape index (κ1) is 10.0.